The average Bonchev–Trinajstić information content (AvgIpc) is 2.46. The predicted molar refractivity (Wildman–Crippen MR) is 72.9 cm³/mol. The molecule has 0 saturated heterocycles. The molecule has 4 heteroatoms. The van der Waals surface area contributed by atoms with Crippen LogP contribution in [0.25, 0.3) is 0 Å². The number of anilines is 1. The number of aliphatic hydroxyl groups excluding tert-OH is 1. The zero-order valence-electron chi connectivity index (χ0n) is 10.4. The molecule has 1 amide bonds. The van der Waals surface area contributed by atoms with Gasteiger partial charge < -0.3 is 15.2 Å². The van der Waals surface area contributed by atoms with Gasteiger partial charge in [0.25, 0.3) is 5.91 Å². The van der Waals surface area contributed by atoms with Gasteiger partial charge in [-0.1, -0.05) is 30.3 Å². The smallest absolute Gasteiger partial charge is 0.262 e. The lowest BCUT2D eigenvalue weighted by Crippen LogP contribution is -2.20. The number of para-hydroxylation sites is 1. The number of rotatable bonds is 5. The van der Waals surface area contributed by atoms with E-state index in [0.29, 0.717) is 11.4 Å². The van der Waals surface area contributed by atoms with Crippen LogP contribution in [0.3, 0.4) is 0 Å². The van der Waals surface area contributed by atoms with Gasteiger partial charge in [0.2, 0.25) is 0 Å². The van der Waals surface area contributed by atoms with Gasteiger partial charge in [0, 0.05) is 5.69 Å². The fourth-order valence-electron chi connectivity index (χ4n) is 1.61. The summed E-state index contributed by atoms with van der Waals surface area (Å²) < 4.78 is 5.34. The lowest BCUT2D eigenvalue weighted by Gasteiger charge is -2.08. The van der Waals surface area contributed by atoms with Crippen LogP contribution in [0, 0.1) is 0 Å². The molecule has 0 radical (unpaired) electrons. The predicted octanol–water partition coefficient (Wildman–Crippen LogP) is 2.20. The molecule has 0 aromatic heterocycles. The maximum absolute atomic E-state index is 11.7. The highest BCUT2D eigenvalue weighted by Crippen LogP contribution is 2.11. The van der Waals surface area contributed by atoms with E-state index in [1.54, 1.807) is 36.4 Å². The van der Waals surface area contributed by atoms with E-state index >= 15 is 0 Å². The standard InChI is InChI=1S/C15H15NO3/c17-10-12-5-4-6-13(9-12)16-15(18)11-19-14-7-2-1-3-8-14/h1-9,17H,10-11H2,(H,16,18). The van der Waals surface area contributed by atoms with Crippen molar-refractivity contribution in [3.05, 3.63) is 60.2 Å². The van der Waals surface area contributed by atoms with Gasteiger partial charge in [0.1, 0.15) is 5.75 Å². The lowest BCUT2D eigenvalue weighted by molar-refractivity contribution is -0.118. The molecule has 0 aliphatic heterocycles. The zero-order chi connectivity index (χ0) is 13.5. The summed E-state index contributed by atoms with van der Waals surface area (Å²) in [6, 6.07) is 16.2. The molecule has 0 fully saturated rings. The van der Waals surface area contributed by atoms with Gasteiger partial charge in [0.05, 0.1) is 6.61 Å². The van der Waals surface area contributed by atoms with E-state index in [4.69, 9.17) is 9.84 Å². The Hall–Kier alpha value is -2.33. The Morgan fingerprint density at radius 2 is 1.89 bits per heavy atom. The van der Waals surface area contributed by atoms with Crippen molar-refractivity contribution < 1.29 is 14.6 Å². The third-order valence-electron chi connectivity index (χ3n) is 2.51. The molecule has 2 N–H and O–H groups in total. The molecular weight excluding hydrogens is 242 g/mol. The fourth-order valence-corrected chi connectivity index (χ4v) is 1.61. The summed E-state index contributed by atoms with van der Waals surface area (Å²) >= 11 is 0. The first-order valence-electron chi connectivity index (χ1n) is 5.95. The first kappa shape index (κ1) is 13.1. The molecule has 0 spiro atoms. The van der Waals surface area contributed by atoms with Crippen molar-refractivity contribution in [1.29, 1.82) is 0 Å². The normalized spacial score (nSPS) is 9.95. The topological polar surface area (TPSA) is 58.6 Å². The van der Waals surface area contributed by atoms with Gasteiger partial charge in [-0.15, -0.1) is 0 Å². The van der Waals surface area contributed by atoms with Crippen LogP contribution in [-0.4, -0.2) is 17.6 Å². The highest BCUT2D eigenvalue weighted by molar-refractivity contribution is 5.91. The fraction of sp³-hybridized carbons (Fsp3) is 0.133. The molecule has 98 valence electrons. The van der Waals surface area contributed by atoms with E-state index < -0.39 is 0 Å². The number of nitrogens with one attached hydrogen (secondary N) is 1. The minimum Gasteiger partial charge on any atom is -0.484 e. The second-order valence-corrected chi connectivity index (χ2v) is 4.01. The Morgan fingerprint density at radius 3 is 2.63 bits per heavy atom. The van der Waals surface area contributed by atoms with E-state index in [0.717, 1.165) is 5.56 Å². The maximum atomic E-state index is 11.7. The van der Waals surface area contributed by atoms with E-state index in [1.807, 2.05) is 18.2 Å². The summed E-state index contributed by atoms with van der Waals surface area (Å²) in [5.74, 6) is 0.417. The van der Waals surface area contributed by atoms with E-state index in [9.17, 15) is 4.79 Å². The third kappa shape index (κ3) is 4.12. The van der Waals surface area contributed by atoms with Crippen LogP contribution in [0.5, 0.6) is 5.75 Å². The van der Waals surface area contributed by atoms with Crippen LogP contribution >= 0.6 is 0 Å². The van der Waals surface area contributed by atoms with Gasteiger partial charge in [-0.3, -0.25) is 4.79 Å². The van der Waals surface area contributed by atoms with Gasteiger partial charge in [-0.2, -0.15) is 0 Å². The van der Waals surface area contributed by atoms with Crippen LogP contribution < -0.4 is 10.1 Å². The van der Waals surface area contributed by atoms with Crippen LogP contribution in [0.1, 0.15) is 5.56 Å². The molecule has 0 unspecified atom stereocenters. The molecule has 0 saturated carbocycles. The number of hydrogen-bond acceptors (Lipinski definition) is 3. The molecule has 0 heterocycles. The van der Waals surface area contributed by atoms with Gasteiger partial charge in [-0.25, -0.2) is 0 Å². The molecule has 0 aliphatic rings. The molecular formula is C15H15NO3. The average molecular weight is 257 g/mol. The second-order valence-electron chi connectivity index (χ2n) is 4.01. The van der Waals surface area contributed by atoms with Crippen molar-refractivity contribution in [1.82, 2.24) is 0 Å². The maximum Gasteiger partial charge on any atom is 0.262 e. The van der Waals surface area contributed by atoms with Crippen molar-refractivity contribution >= 4 is 11.6 Å². The van der Waals surface area contributed by atoms with Crippen LogP contribution in [0.2, 0.25) is 0 Å². The molecule has 0 bridgehead atoms. The zero-order valence-corrected chi connectivity index (χ0v) is 10.4. The number of carbonyl (C=O) groups excluding carboxylic acids is 1. The van der Waals surface area contributed by atoms with Gasteiger partial charge >= 0.3 is 0 Å². The van der Waals surface area contributed by atoms with Gasteiger partial charge in [0.15, 0.2) is 6.61 Å². The minimum atomic E-state index is -0.237. The highest BCUT2D eigenvalue weighted by atomic mass is 16.5. The van der Waals surface area contributed by atoms with Crippen molar-refractivity contribution in [3.8, 4) is 5.75 Å². The number of ether oxygens (including phenoxy) is 1. The highest BCUT2D eigenvalue weighted by Gasteiger charge is 2.04. The first-order valence-corrected chi connectivity index (χ1v) is 5.95. The Kier molecular flexibility index (Phi) is 4.53. The van der Waals surface area contributed by atoms with Crippen LogP contribution in [-0.2, 0) is 11.4 Å². The summed E-state index contributed by atoms with van der Waals surface area (Å²) in [7, 11) is 0. The minimum absolute atomic E-state index is 0.0482. The van der Waals surface area contributed by atoms with E-state index in [2.05, 4.69) is 5.32 Å². The van der Waals surface area contributed by atoms with Crippen LogP contribution in [0.4, 0.5) is 5.69 Å². The molecule has 19 heavy (non-hydrogen) atoms. The van der Waals surface area contributed by atoms with Gasteiger partial charge in [-0.05, 0) is 29.8 Å². The van der Waals surface area contributed by atoms with Crippen molar-refractivity contribution in [2.45, 2.75) is 6.61 Å². The number of benzene rings is 2. The first-order chi connectivity index (χ1) is 9.28. The summed E-state index contributed by atoms with van der Waals surface area (Å²) in [4.78, 5) is 11.7. The SMILES string of the molecule is O=C(COc1ccccc1)Nc1cccc(CO)c1. The quantitative estimate of drug-likeness (QED) is 0.863. The molecule has 2 rings (SSSR count). The second kappa shape index (κ2) is 6.56. The van der Waals surface area contributed by atoms with E-state index in [1.165, 1.54) is 0 Å². The van der Waals surface area contributed by atoms with Crippen LogP contribution in [0.15, 0.2) is 54.6 Å². The Morgan fingerprint density at radius 1 is 1.11 bits per heavy atom. The Balaban J connectivity index is 1.87. The summed E-state index contributed by atoms with van der Waals surface area (Å²) in [6.45, 7) is -0.0996. The molecule has 2 aromatic carbocycles. The van der Waals surface area contributed by atoms with Crippen molar-refractivity contribution in [2.75, 3.05) is 11.9 Å². The van der Waals surface area contributed by atoms with Crippen molar-refractivity contribution in [2.24, 2.45) is 0 Å². The largest absolute Gasteiger partial charge is 0.484 e. The summed E-state index contributed by atoms with van der Waals surface area (Å²) in [6.07, 6.45) is 0. The summed E-state index contributed by atoms with van der Waals surface area (Å²) in [5.41, 5.74) is 1.40. The number of carbonyl (C=O) groups is 1. The van der Waals surface area contributed by atoms with Crippen molar-refractivity contribution in [3.63, 3.8) is 0 Å². The summed E-state index contributed by atoms with van der Waals surface area (Å²) in [5, 5.41) is 11.7. The Labute approximate surface area is 111 Å². The number of amides is 1. The monoisotopic (exact) mass is 257 g/mol. The molecule has 2 aromatic rings. The molecule has 4 nitrogen and oxygen atoms in total. The molecule has 0 aliphatic carbocycles. The number of aliphatic hydroxyl groups is 1. The van der Waals surface area contributed by atoms with E-state index in [-0.39, 0.29) is 19.1 Å². The third-order valence-corrected chi connectivity index (χ3v) is 2.51. The molecule has 0 atom stereocenters. The lowest BCUT2D eigenvalue weighted by atomic mass is 10.2. The number of hydrogen-bond donors (Lipinski definition) is 2. The Bertz CT molecular complexity index is 540.